The summed E-state index contributed by atoms with van der Waals surface area (Å²) in [6.45, 7) is 1.53. The molecule has 20 heavy (non-hydrogen) atoms. The van der Waals surface area contributed by atoms with Crippen LogP contribution in [0, 0.1) is 0 Å². The second kappa shape index (κ2) is 7.68. The highest BCUT2D eigenvalue weighted by Crippen LogP contribution is 2.31. The standard InChI is InChI=1S/C12H15F2N3O2S/c1-7(10(18)17-12(19)15-2)16-8-5-3-4-6-9(8)20-11(13)14/h3-7,11,16H,1-2H3,(H2,15,17,18,19). The molecule has 0 radical (unpaired) electrons. The third kappa shape index (κ3) is 5.04. The van der Waals surface area contributed by atoms with Crippen molar-refractivity contribution >= 4 is 29.4 Å². The lowest BCUT2D eigenvalue weighted by Gasteiger charge is -2.17. The van der Waals surface area contributed by atoms with Crippen LogP contribution in [0.1, 0.15) is 6.92 Å². The molecule has 0 spiro atoms. The number of anilines is 1. The highest BCUT2D eigenvalue weighted by molar-refractivity contribution is 7.99. The number of benzene rings is 1. The van der Waals surface area contributed by atoms with Crippen LogP contribution in [0.2, 0.25) is 0 Å². The van der Waals surface area contributed by atoms with Crippen molar-refractivity contribution in [2.24, 2.45) is 0 Å². The van der Waals surface area contributed by atoms with Crippen LogP contribution in [0.5, 0.6) is 0 Å². The molecule has 0 aromatic heterocycles. The van der Waals surface area contributed by atoms with Crippen molar-refractivity contribution in [3.8, 4) is 0 Å². The molecule has 0 aliphatic carbocycles. The van der Waals surface area contributed by atoms with Gasteiger partial charge in [0.15, 0.2) is 0 Å². The van der Waals surface area contributed by atoms with Gasteiger partial charge in [-0.25, -0.2) is 4.79 Å². The quantitative estimate of drug-likeness (QED) is 0.730. The Hall–Kier alpha value is -1.83. The number of nitrogens with one attached hydrogen (secondary N) is 3. The van der Waals surface area contributed by atoms with Gasteiger partial charge in [0.25, 0.3) is 5.76 Å². The van der Waals surface area contributed by atoms with E-state index in [2.05, 4.69) is 16.0 Å². The van der Waals surface area contributed by atoms with Crippen LogP contribution in [0.4, 0.5) is 19.3 Å². The van der Waals surface area contributed by atoms with Gasteiger partial charge in [0.1, 0.15) is 6.04 Å². The Morgan fingerprint density at radius 2 is 1.90 bits per heavy atom. The molecule has 110 valence electrons. The SMILES string of the molecule is CNC(=O)NC(=O)C(C)Nc1ccccc1SC(F)F. The normalized spacial score (nSPS) is 11.8. The van der Waals surface area contributed by atoms with Crippen molar-refractivity contribution in [3.05, 3.63) is 24.3 Å². The van der Waals surface area contributed by atoms with E-state index in [-0.39, 0.29) is 0 Å². The number of thioether (sulfide) groups is 1. The Labute approximate surface area is 119 Å². The molecule has 1 rings (SSSR count). The van der Waals surface area contributed by atoms with Crippen molar-refractivity contribution < 1.29 is 18.4 Å². The number of rotatable bonds is 5. The summed E-state index contributed by atoms with van der Waals surface area (Å²) >= 11 is 0.390. The summed E-state index contributed by atoms with van der Waals surface area (Å²) in [5.41, 5.74) is 0.414. The number of urea groups is 1. The van der Waals surface area contributed by atoms with E-state index in [9.17, 15) is 18.4 Å². The van der Waals surface area contributed by atoms with Gasteiger partial charge < -0.3 is 10.6 Å². The van der Waals surface area contributed by atoms with Crippen molar-refractivity contribution in [1.29, 1.82) is 0 Å². The lowest BCUT2D eigenvalue weighted by molar-refractivity contribution is -0.120. The molecular weight excluding hydrogens is 288 g/mol. The fraction of sp³-hybridized carbons (Fsp3) is 0.333. The summed E-state index contributed by atoms with van der Waals surface area (Å²) in [6.07, 6.45) is 0. The average molecular weight is 303 g/mol. The van der Waals surface area contributed by atoms with Crippen molar-refractivity contribution in [1.82, 2.24) is 10.6 Å². The molecule has 0 fully saturated rings. The molecule has 0 bridgehead atoms. The molecule has 5 nitrogen and oxygen atoms in total. The maximum Gasteiger partial charge on any atom is 0.321 e. The lowest BCUT2D eigenvalue weighted by atomic mass is 10.2. The minimum Gasteiger partial charge on any atom is -0.373 e. The topological polar surface area (TPSA) is 70.2 Å². The smallest absolute Gasteiger partial charge is 0.321 e. The first-order valence-corrected chi connectivity index (χ1v) is 6.65. The van der Waals surface area contributed by atoms with Crippen LogP contribution in [0.3, 0.4) is 0 Å². The van der Waals surface area contributed by atoms with Crippen molar-refractivity contribution in [2.75, 3.05) is 12.4 Å². The van der Waals surface area contributed by atoms with Gasteiger partial charge in [-0.1, -0.05) is 23.9 Å². The van der Waals surface area contributed by atoms with Crippen molar-refractivity contribution in [3.63, 3.8) is 0 Å². The third-order valence-corrected chi connectivity index (χ3v) is 3.12. The number of para-hydroxylation sites is 1. The van der Waals surface area contributed by atoms with Crippen LogP contribution < -0.4 is 16.0 Å². The predicted octanol–water partition coefficient (Wildman–Crippen LogP) is 2.26. The summed E-state index contributed by atoms with van der Waals surface area (Å²) in [5, 5.41) is 7.15. The Bertz CT molecular complexity index is 486. The monoisotopic (exact) mass is 303 g/mol. The van der Waals surface area contributed by atoms with Gasteiger partial charge >= 0.3 is 6.03 Å². The van der Waals surface area contributed by atoms with Crippen LogP contribution in [-0.2, 0) is 4.79 Å². The van der Waals surface area contributed by atoms with E-state index in [0.29, 0.717) is 22.3 Å². The minimum atomic E-state index is -2.55. The molecule has 8 heteroatoms. The number of hydrogen-bond donors (Lipinski definition) is 3. The third-order valence-electron chi connectivity index (χ3n) is 2.33. The summed E-state index contributed by atoms with van der Waals surface area (Å²) in [7, 11) is 1.38. The zero-order chi connectivity index (χ0) is 15.1. The number of carbonyl (C=O) groups is 2. The molecule has 3 amide bonds. The van der Waals surface area contributed by atoms with Crippen molar-refractivity contribution in [2.45, 2.75) is 23.6 Å². The predicted molar refractivity (Wildman–Crippen MR) is 74.0 cm³/mol. The van der Waals surface area contributed by atoms with E-state index in [1.807, 2.05) is 0 Å². The Balaban J connectivity index is 2.72. The number of halogens is 2. The molecule has 0 saturated carbocycles. The largest absolute Gasteiger partial charge is 0.373 e. The van der Waals surface area contributed by atoms with Crippen LogP contribution >= 0.6 is 11.8 Å². The maximum atomic E-state index is 12.4. The van der Waals surface area contributed by atoms with Crippen LogP contribution in [-0.4, -0.2) is 30.8 Å². The molecule has 1 aromatic carbocycles. The molecule has 3 N–H and O–H groups in total. The fourth-order valence-electron chi connectivity index (χ4n) is 1.37. The highest BCUT2D eigenvalue weighted by atomic mass is 32.2. The van der Waals surface area contributed by atoms with Gasteiger partial charge in [0.05, 0.1) is 0 Å². The van der Waals surface area contributed by atoms with Gasteiger partial charge in [-0.2, -0.15) is 8.78 Å². The van der Waals surface area contributed by atoms with Gasteiger partial charge in [0, 0.05) is 17.6 Å². The number of carbonyl (C=O) groups excluding carboxylic acids is 2. The highest BCUT2D eigenvalue weighted by Gasteiger charge is 2.17. The van der Waals surface area contributed by atoms with E-state index >= 15 is 0 Å². The summed E-state index contributed by atoms with van der Waals surface area (Å²) in [4.78, 5) is 23.0. The second-order valence-electron chi connectivity index (χ2n) is 3.81. The van der Waals surface area contributed by atoms with Crippen LogP contribution in [0.25, 0.3) is 0 Å². The molecule has 1 atom stereocenters. The van der Waals surface area contributed by atoms with Gasteiger partial charge in [-0.15, -0.1) is 0 Å². The number of hydrogen-bond acceptors (Lipinski definition) is 4. The van der Waals surface area contributed by atoms with E-state index < -0.39 is 23.7 Å². The van der Waals surface area contributed by atoms with E-state index in [4.69, 9.17) is 0 Å². The average Bonchev–Trinajstić information content (AvgIpc) is 2.40. The van der Waals surface area contributed by atoms with E-state index in [1.165, 1.54) is 20.0 Å². The maximum absolute atomic E-state index is 12.4. The Morgan fingerprint density at radius 3 is 2.50 bits per heavy atom. The molecule has 0 aliphatic rings. The fourth-order valence-corrected chi connectivity index (χ4v) is 1.97. The van der Waals surface area contributed by atoms with E-state index in [0.717, 1.165) is 0 Å². The number of amides is 3. The molecule has 1 unspecified atom stereocenters. The second-order valence-corrected chi connectivity index (χ2v) is 4.84. The Morgan fingerprint density at radius 1 is 1.25 bits per heavy atom. The first-order chi connectivity index (χ1) is 9.43. The Kier molecular flexibility index (Phi) is 6.23. The number of imide groups is 1. The molecule has 0 heterocycles. The molecule has 1 aromatic rings. The zero-order valence-electron chi connectivity index (χ0n) is 10.9. The number of alkyl halides is 2. The van der Waals surface area contributed by atoms with Gasteiger partial charge in [-0.3, -0.25) is 10.1 Å². The summed E-state index contributed by atoms with van der Waals surface area (Å²) in [6, 6.07) is 5.05. The minimum absolute atomic E-state index is 0.335. The summed E-state index contributed by atoms with van der Waals surface area (Å²) < 4.78 is 24.8. The van der Waals surface area contributed by atoms with Crippen LogP contribution in [0.15, 0.2) is 29.2 Å². The van der Waals surface area contributed by atoms with Gasteiger partial charge in [-0.05, 0) is 19.1 Å². The van der Waals surface area contributed by atoms with E-state index in [1.54, 1.807) is 18.2 Å². The first-order valence-electron chi connectivity index (χ1n) is 5.77. The molecule has 0 saturated heterocycles. The zero-order valence-corrected chi connectivity index (χ0v) is 11.8. The van der Waals surface area contributed by atoms with Gasteiger partial charge in [0.2, 0.25) is 5.91 Å². The molecule has 0 aliphatic heterocycles. The first kappa shape index (κ1) is 16.2. The summed E-state index contributed by atoms with van der Waals surface area (Å²) in [5.74, 6) is -3.10. The lowest BCUT2D eigenvalue weighted by Crippen LogP contribution is -2.44. The molecular formula is C12H15F2N3O2S.